The Bertz CT molecular complexity index is 7320. The minimum absolute atomic E-state index is 0.000856. The number of methoxy groups -OCH3 is 1. The van der Waals surface area contributed by atoms with E-state index in [9.17, 15) is 66.3 Å². The number of carbonyl (C=O) groups is 2. The number of benzene rings is 6. The molecule has 0 aliphatic heterocycles. The highest BCUT2D eigenvalue weighted by Crippen LogP contribution is 2.69. The monoisotopic (exact) mass is 1830 g/mol. The summed E-state index contributed by atoms with van der Waals surface area (Å²) in [6, 6.07) is 22.2. The summed E-state index contributed by atoms with van der Waals surface area (Å²) in [5, 5.41) is 20.8. The fourth-order valence-electron chi connectivity index (χ4n) is 16.8. The van der Waals surface area contributed by atoms with Gasteiger partial charge in [-0.1, -0.05) is 53.5 Å². The molecular weight excluding hydrogens is 1770 g/mol. The Labute approximate surface area is 710 Å². The highest BCUT2D eigenvalue weighted by Gasteiger charge is 2.68. The summed E-state index contributed by atoms with van der Waals surface area (Å²) in [7, 11) is -3.85. The van der Waals surface area contributed by atoms with Gasteiger partial charge in [-0.05, 0) is 121 Å². The van der Waals surface area contributed by atoms with Crippen LogP contribution in [0.2, 0.25) is 10.0 Å². The normalized spacial score (nSPS) is 17.0. The molecule has 45 heteroatoms. The molecule has 126 heavy (non-hydrogen) atoms. The Hall–Kier alpha value is -12.9. The van der Waals surface area contributed by atoms with Gasteiger partial charge < -0.3 is 15.4 Å². The predicted octanol–water partition coefficient (Wildman–Crippen LogP) is 14.4. The standard InChI is InChI=1S/C41H31ClF7N9O5S.C40H29ClF7N9O4S/c1-56-33-28(9-8-25(42)31(33)37(54-56)55-64(3,61)62)58-38(51-36-23(40(58)60)14-21(39(52-36)63-2)20-6-4-5-7-26(20)45)27(12-17-10-18(43)13-19(44)11-17)50-29(59)16-57-34-30(32(53-57)35(46)47)22-15-24(22)41(34,48)49;1-55-33-28(10-8-24(41)31(33)37(53-55)54-62(2,60)61)57-38(51-36-21(39(57)59)7-9-26(50-36)20-5-3-4-6-25(20)44)27(13-17-11-18(42)14-19(43)12-17)49-29(58)16-56-34-30(32(52-56)35(45)46)22-15-23(22)40(34,47)48/h4-11,13-14,22,24,27,35H,12,15-16H2,1-3H3,(H,50,59)(H,54,55);3-12,14,22-23,27,35H,13,15-16H2,1-2H3,(H,49,58)(H,53,54)/t22-,24+,27-;22-,23+,27-/m00/s1. The average molecular weight is 1830 g/mol. The molecule has 6 aromatic carbocycles. The largest absolute Gasteiger partial charge is 0.480 e. The van der Waals surface area contributed by atoms with E-state index < -0.39 is 193 Å². The van der Waals surface area contributed by atoms with Gasteiger partial charge in [-0.3, -0.25) is 56.5 Å². The number of nitrogens with one attached hydrogen (secondary N) is 4. The molecule has 0 spiro atoms. The highest BCUT2D eigenvalue weighted by molar-refractivity contribution is 7.92. The van der Waals surface area contributed by atoms with Crippen molar-refractivity contribution in [3.05, 3.63) is 250 Å². The van der Waals surface area contributed by atoms with E-state index >= 15 is 31.1 Å². The number of carbonyl (C=O) groups excluding carboxylic acids is 2. The van der Waals surface area contributed by atoms with Gasteiger partial charge >= 0.3 is 0 Å². The molecule has 0 saturated heterocycles. The van der Waals surface area contributed by atoms with Crippen LogP contribution in [-0.2, 0) is 81.5 Å². The highest BCUT2D eigenvalue weighted by atomic mass is 35.5. The van der Waals surface area contributed by atoms with Crippen LogP contribution < -0.4 is 35.9 Å². The number of ether oxygens (including phenoxy) is 1. The summed E-state index contributed by atoms with van der Waals surface area (Å²) in [6.07, 6.45) is -5.86. The molecule has 8 heterocycles. The van der Waals surface area contributed by atoms with Gasteiger partial charge in [0.25, 0.3) is 35.8 Å². The van der Waals surface area contributed by atoms with Crippen molar-refractivity contribution in [2.24, 2.45) is 25.9 Å². The van der Waals surface area contributed by atoms with Crippen molar-refractivity contribution >= 4 is 111 Å². The lowest BCUT2D eigenvalue weighted by Crippen LogP contribution is -2.38. The molecule has 0 unspecified atom stereocenters. The number of fused-ring (bicyclic) bond motifs is 10. The molecule has 8 aromatic heterocycles. The SMILES string of the molecule is COc1nc2nc([C@H](Cc3cc(F)cc(F)c3)NC(=O)Cn3nc(C(F)F)c4c3C(F)(F)[C@@H]3C[C@H]43)n(-c3ccc(Cl)c4c(NS(C)(=O)=O)nn(C)c34)c(=O)c2cc1-c1ccccc1F.Cn1nc(NS(C)(=O)=O)c2c(Cl)ccc(-n3c([C@H](Cc4cc(F)cc(F)c4)NC(=O)Cn4nc(C(F)F)c5c4C(F)(F)[C@@H]4C[C@H]54)nc4nc(-c5ccccc5F)ccc4c3=O)c21. The van der Waals surface area contributed by atoms with E-state index in [1.165, 1.54) is 115 Å². The minimum atomic E-state index is -3.97. The van der Waals surface area contributed by atoms with E-state index in [0.717, 1.165) is 45.9 Å². The minimum Gasteiger partial charge on any atom is -0.480 e. The molecule has 14 aromatic rings. The maximum absolute atomic E-state index is 15.5. The van der Waals surface area contributed by atoms with Gasteiger partial charge in [0, 0.05) is 78.7 Å². The van der Waals surface area contributed by atoms with Gasteiger partial charge in [0.1, 0.15) is 82.4 Å². The molecular formula is C81H60Cl2F14N18O9S2. The summed E-state index contributed by atoms with van der Waals surface area (Å²) in [6.45, 7) is -2.07. The number of sulfonamides is 2. The van der Waals surface area contributed by atoms with Crippen LogP contribution in [0.5, 0.6) is 5.88 Å². The zero-order valence-electron chi connectivity index (χ0n) is 65.3. The number of halogens is 16. The van der Waals surface area contributed by atoms with Crippen molar-refractivity contribution < 1.29 is 92.6 Å². The second kappa shape index (κ2) is 31.3. The molecule has 2 fully saturated rings. The van der Waals surface area contributed by atoms with Crippen molar-refractivity contribution in [2.45, 2.75) is 87.4 Å². The number of aromatic nitrogens is 14. The second-order valence-corrected chi connectivity index (χ2v) is 34.8. The summed E-state index contributed by atoms with van der Waals surface area (Å²) < 4.78 is 273. The van der Waals surface area contributed by atoms with Crippen LogP contribution in [0.4, 0.5) is 73.1 Å². The molecule has 6 atom stereocenters. The molecule has 652 valence electrons. The number of hydrogen-bond acceptors (Lipinski definition) is 17. The van der Waals surface area contributed by atoms with Crippen LogP contribution in [0.25, 0.3) is 77.6 Å². The van der Waals surface area contributed by atoms with Crippen LogP contribution in [-0.4, -0.2) is 116 Å². The third kappa shape index (κ3) is 15.4. The predicted molar refractivity (Wildman–Crippen MR) is 429 cm³/mol. The average Bonchev–Trinajstić information content (AvgIpc) is 1.52. The molecule has 0 radical (unpaired) electrons. The first-order valence-electron chi connectivity index (χ1n) is 37.8. The van der Waals surface area contributed by atoms with Crippen molar-refractivity contribution in [3.8, 4) is 39.6 Å². The Morgan fingerprint density at radius 2 is 0.937 bits per heavy atom. The zero-order chi connectivity index (χ0) is 89.9. The number of pyridine rings is 2. The Morgan fingerprint density at radius 1 is 0.524 bits per heavy atom. The number of rotatable bonds is 23. The Kier molecular flexibility index (Phi) is 21.2. The number of alkyl halides is 8. The van der Waals surface area contributed by atoms with Crippen LogP contribution >= 0.6 is 23.2 Å². The number of anilines is 2. The van der Waals surface area contributed by atoms with Crippen molar-refractivity contribution in [1.29, 1.82) is 0 Å². The van der Waals surface area contributed by atoms with Gasteiger partial charge in [-0.2, -0.15) is 42.9 Å². The maximum atomic E-state index is 15.5. The molecule has 27 nitrogen and oxygen atoms in total. The third-order valence-corrected chi connectivity index (χ3v) is 23.7. The molecule has 0 bridgehead atoms. The summed E-state index contributed by atoms with van der Waals surface area (Å²) in [5.74, 6) is -20.5. The van der Waals surface area contributed by atoms with E-state index in [-0.39, 0.29) is 146 Å². The van der Waals surface area contributed by atoms with Crippen molar-refractivity contribution in [3.63, 3.8) is 0 Å². The van der Waals surface area contributed by atoms with E-state index in [1.807, 2.05) is 0 Å². The fraction of sp³-hybridized carbons (Fsp3) is 0.259. The molecule has 2 amide bonds. The van der Waals surface area contributed by atoms with Gasteiger partial charge in [0.15, 0.2) is 22.9 Å². The van der Waals surface area contributed by atoms with Crippen molar-refractivity contribution in [2.75, 3.05) is 29.1 Å². The van der Waals surface area contributed by atoms with E-state index in [4.69, 9.17) is 32.9 Å². The number of amides is 2. The molecule has 4 aliphatic rings. The quantitative estimate of drug-likeness (QED) is 0.0432. The Balaban J connectivity index is 0.000000178. The lowest BCUT2D eigenvalue weighted by Gasteiger charge is -2.24. The van der Waals surface area contributed by atoms with Crippen LogP contribution in [0.1, 0.15) is 106 Å². The number of nitrogens with zero attached hydrogens (tertiary/aromatic N) is 14. The van der Waals surface area contributed by atoms with E-state index in [1.54, 1.807) is 6.07 Å². The summed E-state index contributed by atoms with van der Waals surface area (Å²) in [5.41, 5.74) is -6.65. The lowest BCUT2D eigenvalue weighted by atomic mass is 10.0. The molecule has 18 rings (SSSR count). The lowest BCUT2D eigenvalue weighted by molar-refractivity contribution is -0.123. The summed E-state index contributed by atoms with van der Waals surface area (Å²) in [4.78, 5) is 76.6. The molecule has 2 saturated carbocycles. The topological polar surface area (TPSA) is 327 Å². The molecule has 4 aliphatic carbocycles. The van der Waals surface area contributed by atoms with E-state index in [2.05, 4.69) is 55.4 Å². The third-order valence-electron chi connectivity index (χ3n) is 21.9. The van der Waals surface area contributed by atoms with Gasteiger partial charge in [-0.15, -0.1) is 0 Å². The summed E-state index contributed by atoms with van der Waals surface area (Å²) >= 11 is 13.2. The first-order valence-corrected chi connectivity index (χ1v) is 42.3. The van der Waals surface area contributed by atoms with Gasteiger partial charge in [0.2, 0.25) is 37.7 Å². The number of hydrogen-bond donors (Lipinski definition) is 4. The van der Waals surface area contributed by atoms with Crippen LogP contribution in [0.3, 0.4) is 0 Å². The first kappa shape index (κ1) is 85.3. The smallest absolute Gasteiger partial charge is 0.293 e. The second-order valence-electron chi connectivity index (χ2n) is 30.5. The maximum Gasteiger partial charge on any atom is 0.293 e. The number of aryl methyl sites for hydroxylation is 2. The fourth-order valence-corrected chi connectivity index (χ4v) is 18.3. The van der Waals surface area contributed by atoms with Gasteiger partial charge in [0.05, 0.1) is 91.4 Å². The molecule has 4 N–H and O–H groups in total. The first-order chi connectivity index (χ1) is 59.5. The van der Waals surface area contributed by atoms with Gasteiger partial charge in [-0.25, -0.2) is 75.7 Å². The van der Waals surface area contributed by atoms with E-state index in [0.29, 0.717) is 21.5 Å². The van der Waals surface area contributed by atoms with Crippen LogP contribution in [0.15, 0.2) is 137 Å². The Morgan fingerprint density at radius 3 is 1.35 bits per heavy atom. The van der Waals surface area contributed by atoms with Crippen LogP contribution in [0, 0.1) is 46.7 Å². The zero-order valence-corrected chi connectivity index (χ0v) is 68.4. The van der Waals surface area contributed by atoms with Crippen molar-refractivity contribution in [1.82, 2.24) is 78.8 Å².